The smallest absolute Gasteiger partial charge is 0.139 e. The first-order chi connectivity index (χ1) is 25.8. The lowest BCUT2D eigenvalue weighted by Gasteiger charge is -2.16. The minimum atomic E-state index is 0.801. The van der Waals surface area contributed by atoms with Crippen LogP contribution in [-0.4, -0.2) is 19.9 Å². The van der Waals surface area contributed by atoms with Gasteiger partial charge >= 0.3 is 0 Å². The lowest BCUT2D eigenvalue weighted by atomic mass is 9.90. The average Bonchev–Trinajstić information content (AvgIpc) is 3.89. The van der Waals surface area contributed by atoms with Crippen LogP contribution in [0.5, 0.6) is 0 Å². The van der Waals surface area contributed by atoms with Crippen molar-refractivity contribution in [1.82, 2.24) is 19.9 Å². The second kappa shape index (κ2) is 13.7. The normalized spacial score (nSPS) is 11.1. The number of hydrogen-bond donors (Lipinski definition) is 2. The van der Waals surface area contributed by atoms with Crippen LogP contribution in [0.3, 0.4) is 0 Å². The highest BCUT2D eigenvalue weighted by molar-refractivity contribution is 5.95. The van der Waals surface area contributed by atoms with Gasteiger partial charge in [-0.2, -0.15) is 0 Å². The third-order valence-electron chi connectivity index (χ3n) is 9.46. The summed E-state index contributed by atoms with van der Waals surface area (Å²) < 4.78 is 0. The predicted octanol–water partition coefficient (Wildman–Crippen LogP) is 12.5. The Morgan fingerprint density at radius 1 is 0.269 bits per heavy atom. The van der Waals surface area contributed by atoms with Crippen LogP contribution in [0.25, 0.3) is 90.1 Å². The highest BCUT2D eigenvalue weighted by atomic mass is 15.0. The number of hydrogen-bond acceptors (Lipinski definition) is 2. The molecule has 0 amide bonds. The van der Waals surface area contributed by atoms with Crippen molar-refractivity contribution in [3.8, 4) is 90.1 Å². The Bertz CT molecular complexity index is 2280. The van der Waals surface area contributed by atoms with E-state index in [0.29, 0.717) is 0 Å². The summed E-state index contributed by atoms with van der Waals surface area (Å²) in [4.78, 5) is 18.3. The van der Waals surface area contributed by atoms with Crippen LogP contribution in [0.2, 0.25) is 0 Å². The van der Waals surface area contributed by atoms with Crippen LogP contribution in [-0.2, 0) is 0 Å². The van der Waals surface area contributed by atoms with E-state index < -0.39 is 0 Å². The maximum Gasteiger partial charge on any atom is 0.139 e. The van der Waals surface area contributed by atoms with Gasteiger partial charge in [0.1, 0.15) is 11.6 Å². The summed E-state index contributed by atoms with van der Waals surface area (Å²) in [5.74, 6) is 1.60. The van der Waals surface area contributed by atoms with Crippen molar-refractivity contribution in [3.63, 3.8) is 0 Å². The number of rotatable bonds is 8. The average molecular weight is 667 g/mol. The summed E-state index contributed by atoms with van der Waals surface area (Å²) in [7, 11) is 0. The van der Waals surface area contributed by atoms with Crippen molar-refractivity contribution in [3.05, 3.63) is 194 Å². The van der Waals surface area contributed by atoms with Gasteiger partial charge in [0.2, 0.25) is 0 Å². The van der Waals surface area contributed by atoms with Crippen LogP contribution in [0.4, 0.5) is 0 Å². The predicted molar refractivity (Wildman–Crippen MR) is 214 cm³/mol. The van der Waals surface area contributed by atoms with E-state index in [9.17, 15) is 0 Å². The minimum absolute atomic E-state index is 0.801. The van der Waals surface area contributed by atoms with Crippen molar-refractivity contribution >= 4 is 0 Å². The van der Waals surface area contributed by atoms with Gasteiger partial charge in [-0.15, -0.1) is 0 Å². The second-order valence-corrected chi connectivity index (χ2v) is 12.8. The monoisotopic (exact) mass is 666 g/mol. The number of nitrogens with zero attached hydrogens (tertiary/aromatic N) is 2. The molecule has 9 rings (SSSR count). The van der Waals surface area contributed by atoms with Gasteiger partial charge in [-0.25, -0.2) is 9.97 Å². The van der Waals surface area contributed by atoms with Gasteiger partial charge in [0.15, 0.2) is 0 Å². The third kappa shape index (κ3) is 5.93. The summed E-state index contributed by atoms with van der Waals surface area (Å²) in [6.45, 7) is 0. The topological polar surface area (TPSA) is 57.4 Å². The molecule has 0 atom stereocenters. The van der Waals surface area contributed by atoms with E-state index in [0.717, 1.165) is 90.1 Å². The minimum Gasteiger partial charge on any atom is -0.337 e. The number of aromatic amines is 2. The van der Waals surface area contributed by atoms with E-state index in [4.69, 9.17) is 9.97 Å². The Kier molecular flexibility index (Phi) is 8.16. The highest BCUT2D eigenvalue weighted by Crippen LogP contribution is 2.44. The van der Waals surface area contributed by atoms with Crippen molar-refractivity contribution < 1.29 is 0 Å². The quantitative estimate of drug-likeness (QED) is 0.170. The molecule has 2 N–H and O–H groups in total. The highest BCUT2D eigenvalue weighted by Gasteiger charge is 2.23. The molecule has 0 bridgehead atoms. The molecule has 0 aliphatic heterocycles. The van der Waals surface area contributed by atoms with Crippen molar-refractivity contribution in [2.45, 2.75) is 0 Å². The largest absolute Gasteiger partial charge is 0.337 e. The standard InChI is InChI=1S/C48H34N4/c1-7-19-33(20-8-1)39-31-42(48-51-45(37-27-15-5-16-28-37)46(52-48)38-29-17-6-18-30-38)40(34-21-9-2-10-22-34)32-41(39)47-49-43(35-23-11-3-12-24-35)44(50-47)36-25-13-4-14-26-36/h1-32H,(H,49,50)(H,51,52). The summed E-state index contributed by atoms with van der Waals surface area (Å²) in [5, 5.41) is 0. The lowest BCUT2D eigenvalue weighted by molar-refractivity contribution is 1.29. The van der Waals surface area contributed by atoms with E-state index in [1.807, 2.05) is 24.3 Å². The molecular formula is C48H34N4. The zero-order valence-electron chi connectivity index (χ0n) is 28.4. The van der Waals surface area contributed by atoms with Crippen molar-refractivity contribution in [2.75, 3.05) is 0 Å². The number of nitrogens with one attached hydrogen (secondary N) is 2. The van der Waals surface area contributed by atoms with Crippen LogP contribution in [0.1, 0.15) is 0 Å². The van der Waals surface area contributed by atoms with E-state index in [-0.39, 0.29) is 0 Å². The first-order valence-corrected chi connectivity index (χ1v) is 17.5. The molecule has 0 unspecified atom stereocenters. The molecule has 2 aromatic heterocycles. The second-order valence-electron chi connectivity index (χ2n) is 12.8. The molecule has 52 heavy (non-hydrogen) atoms. The third-order valence-corrected chi connectivity index (χ3v) is 9.46. The molecular weight excluding hydrogens is 633 g/mol. The van der Waals surface area contributed by atoms with Gasteiger partial charge in [-0.3, -0.25) is 0 Å². The molecule has 4 nitrogen and oxygen atoms in total. The van der Waals surface area contributed by atoms with Gasteiger partial charge < -0.3 is 9.97 Å². The van der Waals surface area contributed by atoms with Crippen molar-refractivity contribution in [2.24, 2.45) is 0 Å². The number of benzene rings is 7. The van der Waals surface area contributed by atoms with Gasteiger partial charge in [0.25, 0.3) is 0 Å². The fourth-order valence-corrected chi connectivity index (χ4v) is 6.94. The maximum absolute atomic E-state index is 5.37. The van der Waals surface area contributed by atoms with Crippen LogP contribution < -0.4 is 0 Å². The molecule has 0 aliphatic rings. The Morgan fingerprint density at radius 3 is 0.846 bits per heavy atom. The van der Waals surface area contributed by atoms with E-state index in [2.05, 4.69) is 180 Å². The number of imidazole rings is 2. The zero-order chi connectivity index (χ0) is 34.7. The van der Waals surface area contributed by atoms with Gasteiger partial charge in [-0.1, -0.05) is 182 Å². The summed E-state index contributed by atoms with van der Waals surface area (Å²) in [5.41, 5.74) is 14.4. The van der Waals surface area contributed by atoms with E-state index in [1.54, 1.807) is 0 Å². The van der Waals surface area contributed by atoms with Gasteiger partial charge in [0, 0.05) is 33.4 Å². The molecule has 0 saturated carbocycles. The Morgan fingerprint density at radius 2 is 0.538 bits per heavy atom. The van der Waals surface area contributed by atoms with Crippen LogP contribution in [0.15, 0.2) is 194 Å². The molecule has 0 fully saturated rings. The maximum atomic E-state index is 5.37. The molecule has 9 aromatic rings. The molecule has 0 saturated heterocycles. The number of aromatic nitrogens is 4. The first kappa shape index (κ1) is 31.0. The lowest BCUT2D eigenvalue weighted by Crippen LogP contribution is -1.94. The molecule has 0 spiro atoms. The molecule has 246 valence electrons. The van der Waals surface area contributed by atoms with Gasteiger partial charge in [-0.05, 0) is 34.4 Å². The SMILES string of the molecule is c1ccc(-c2cc(-c3nc(-c4ccccc4)c(-c4ccccc4)[nH]3)c(-c3ccccc3)cc2-c2nc(-c3ccccc3)c(-c3ccccc3)[nH]2)cc1. The fraction of sp³-hybridized carbons (Fsp3) is 0. The molecule has 0 aliphatic carbocycles. The van der Waals surface area contributed by atoms with E-state index >= 15 is 0 Å². The number of H-pyrrole nitrogens is 2. The van der Waals surface area contributed by atoms with Crippen molar-refractivity contribution in [1.29, 1.82) is 0 Å². The summed E-state index contributed by atoms with van der Waals surface area (Å²) in [6.07, 6.45) is 0. The molecule has 7 aromatic carbocycles. The fourth-order valence-electron chi connectivity index (χ4n) is 6.94. The Hall–Kier alpha value is -7.04. The molecule has 2 heterocycles. The van der Waals surface area contributed by atoms with Crippen LogP contribution in [0, 0.1) is 0 Å². The van der Waals surface area contributed by atoms with Crippen LogP contribution >= 0.6 is 0 Å². The molecule has 4 heteroatoms. The molecule has 0 radical (unpaired) electrons. The summed E-state index contributed by atoms with van der Waals surface area (Å²) in [6, 6.07) is 67.4. The Balaban J connectivity index is 1.32. The van der Waals surface area contributed by atoms with Gasteiger partial charge in [0.05, 0.1) is 22.8 Å². The van der Waals surface area contributed by atoms with E-state index in [1.165, 1.54) is 0 Å². The zero-order valence-corrected chi connectivity index (χ0v) is 28.4. The summed E-state index contributed by atoms with van der Waals surface area (Å²) >= 11 is 0. The Labute approximate surface area is 303 Å². The first-order valence-electron chi connectivity index (χ1n) is 17.5.